The first kappa shape index (κ1) is 29.4. The van der Waals surface area contributed by atoms with Crippen LogP contribution in [0, 0.1) is 0 Å². The molecule has 1 aliphatic heterocycles. The normalized spacial score (nSPS) is 16.4. The highest BCUT2D eigenvalue weighted by atomic mass is 19.4. The molecule has 1 aliphatic carbocycles. The molecular weight excluding hydrogens is 553 g/mol. The Labute approximate surface area is 241 Å². The number of fused-ring (bicyclic) bond motifs is 1. The van der Waals surface area contributed by atoms with Crippen molar-refractivity contribution in [3.63, 3.8) is 0 Å². The first-order chi connectivity index (χ1) is 20.1. The number of carbonyl (C=O) groups is 1. The zero-order valence-electron chi connectivity index (χ0n) is 23.7. The van der Waals surface area contributed by atoms with Crippen molar-refractivity contribution >= 4 is 11.6 Å². The molecule has 0 radical (unpaired) electrons. The molecule has 0 bridgehead atoms. The van der Waals surface area contributed by atoms with Crippen LogP contribution in [0.3, 0.4) is 0 Å². The number of hydrogen-bond acceptors (Lipinski definition) is 7. The monoisotopic (exact) mass is 586 g/mol. The molecule has 5 rings (SSSR count). The van der Waals surface area contributed by atoms with Crippen molar-refractivity contribution in [2.45, 2.75) is 44.9 Å². The van der Waals surface area contributed by atoms with E-state index in [1.165, 1.54) is 33.3 Å². The van der Waals surface area contributed by atoms with E-state index in [0.717, 1.165) is 16.3 Å². The van der Waals surface area contributed by atoms with Gasteiger partial charge in [0.1, 0.15) is 11.5 Å². The summed E-state index contributed by atoms with van der Waals surface area (Å²) in [5.74, 6) is 0.848. The number of amides is 1. The SMILES string of the molecule is COc1cc(OC)cc(-c2nn(-c3cc(N4CCC(OCCNC(C)=O)C4)ccc3C(F)(F)F)c(=O)c3c2CCC3)c1. The summed E-state index contributed by atoms with van der Waals surface area (Å²) in [6, 6.07) is 8.96. The van der Waals surface area contributed by atoms with Gasteiger partial charge in [-0.1, -0.05) is 0 Å². The van der Waals surface area contributed by atoms with Gasteiger partial charge in [-0.2, -0.15) is 23.0 Å². The molecule has 2 aliphatic rings. The molecule has 1 saturated heterocycles. The summed E-state index contributed by atoms with van der Waals surface area (Å²) in [6.07, 6.45) is -2.43. The Morgan fingerprint density at radius 1 is 1.07 bits per heavy atom. The number of benzene rings is 2. The number of hydrogen-bond donors (Lipinski definition) is 1. The number of anilines is 1. The Kier molecular flexibility index (Phi) is 8.44. The fourth-order valence-corrected chi connectivity index (χ4v) is 5.60. The summed E-state index contributed by atoms with van der Waals surface area (Å²) < 4.78 is 60.5. The van der Waals surface area contributed by atoms with Gasteiger partial charge >= 0.3 is 6.18 Å². The molecule has 9 nitrogen and oxygen atoms in total. The summed E-state index contributed by atoms with van der Waals surface area (Å²) >= 11 is 0. The highest BCUT2D eigenvalue weighted by molar-refractivity contribution is 5.72. The summed E-state index contributed by atoms with van der Waals surface area (Å²) in [4.78, 5) is 26.7. The number of carbonyl (C=O) groups excluding carboxylic acids is 1. The van der Waals surface area contributed by atoms with E-state index in [9.17, 15) is 22.8 Å². The third-order valence-electron chi connectivity index (χ3n) is 7.63. The third-order valence-corrected chi connectivity index (χ3v) is 7.63. The molecule has 0 spiro atoms. The maximum absolute atomic E-state index is 14.3. The molecule has 0 saturated carbocycles. The second-order valence-corrected chi connectivity index (χ2v) is 10.4. The van der Waals surface area contributed by atoms with Crippen LogP contribution in [0.15, 0.2) is 41.2 Å². The summed E-state index contributed by atoms with van der Waals surface area (Å²) in [5.41, 5.74) is 0.910. The minimum atomic E-state index is -4.71. The fourth-order valence-electron chi connectivity index (χ4n) is 5.60. The molecule has 1 unspecified atom stereocenters. The predicted octanol–water partition coefficient (Wildman–Crippen LogP) is 4.16. The van der Waals surface area contributed by atoms with Crippen molar-refractivity contribution in [3.8, 4) is 28.4 Å². The largest absolute Gasteiger partial charge is 0.497 e. The van der Waals surface area contributed by atoms with Gasteiger partial charge in [-0.25, -0.2) is 0 Å². The Morgan fingerprint density at radius 2 is 1.79 bits per heavy atom. The Bertz CT molecular complexity index is 1520. The number of nitrogens with one attached hydrogen (secondary N) is 1. The van der Waals surface area contributed by atoms with Crippen LogP contribution in [0.5, 0.6) is 11.5 Å². The van der Waals surface area contributed by atoms with Gasteiger partial charge < -0.3 is 24.4 Å². The quantitative estimate of drug-likeness (QED) is 0.377. The maximum atomic E-state index is 14.3. The van der Waals surface area contributed by atoms with Crippen LogP contribution in [-0.2, 0) is 28.5 Å². The minimum Gasteiger partial charge on any atom is -0.497 e. The number of alkyl halides is 3. The number of rotatable bonds is 9. The standard InChI is InChI=1S/C30H33F3N4O5/c1-18(38)34-10-12-42-21-9-11-36(17-21)20-7-8-26(30(31,32)33)27(15-20)37-29(39)25-6-4-5-24(25)28(35-37)19-13-22(40-2)16-23(14-19)41-3/h7-8,13-16,21H,4-6,9-12,17H2,1-3H3,(H,34,38). The molecule has 1 fully saturated rings. The van der Waals surface area contributed by atoms with Gasteiger partial charge in [-0.15, -0.1) is 0 Å². The third kappa shape index (κ3) is 6.08. The number of ether oxygens (including phenoxy) is 3. The second-order valence-electron chi connectivity index (χ2n) is 10.4. The van der Waals surface area contributed by atoms with Crippen LogP contribution in [0.4, 0.5) is 18.9 Å². The lowest BCUT2D eigenvalue weighted by atomic mass is 10.0. The molecule has 1 N–H and O–H groups in total. The average Bonchev–Trinajstić information content (AvgIpc) is 3.65. The predicted molar refractivity (Wildman–Crippen MR) is 151 cm³/mol. The van der Waals surface area contributed by atoms with Crippen LogP contribution in [0.1, 0.15) is 36.5 Å². The highest BCUT2D eigenvalue weighted by Crippen LogP contribution is 2.38. The van der Waals surface area contributed by atoms with E-state index in [-0.39, 0.29) is 17.7 Å². The fraction of sp³-hybridized carbons (Fsp3) is 0.433. The van der Waals surface area contributed by atoms with Crippen molar-refractivity contribution in [3.05, 3.63) is 63.4 Å². The lowest BCUT2D eigenvalue weighted by Gasteiger charge is -2.22. The van der Waals surface area contributed by atoms with Crippen molar-refractivity contribution in [2.75, 3.05) is 45.4 Å². The molecule has 12 heteroatoms. The molecule has 1 amide bonds. The zero-order chi connectivity index (χ0) is 30.0. The van der Waals surface area contributed by atoms with E-state index in [1.54, 1.807) is 18.2 Å². The lowest BCUT2D eigenvalue weighted by molar-refractivity contribution is -0.137. The molecule has 1 atom stereocenters. The van der Waals surface area contributed by atoms with Gasteiger partial charge in [0.15, 0.2) is 0 Å². The highest BCUT2D eigenvalue weighted by Gasteiger charge is 2.36. The molecule has 224 valence electrons. The zero-order valence-corrected chi connectivity index (χ0v) is 23.7. The van der Waals surface area contributed by atoms with Crippen LogP contribution in [0.25, 0.3) is 16.9 Å². The van der Waals surface area contributed by atoms with Crippen molar-refractivity contribution < 1.29 is 32.2 Å². The van der Waals surface area contributed by atoms with E-state index in [2.05, 4.69) is 10.4 Å². The topological polar surface area (TPSA) is 94.9 Å². The Balaban J connectivity index is 1.56. The van der Waals surface area contributed by atoms with Gasteiger partial charge in [0.05, 0.1) is 43.9 Å². The van der Waals surface area contributed by atoms with Crippen molar-refractivity contribution in [2.24, 2.45) is 0 Å². The van der Waals surface area contributed by atoms with E-state index >= 15 is 0 Å². The van der Waals surface area contributed by atoms with Crippen molar-refractivity contribution in [1.82, 2.24) is 15.1 Å². The lowest BCUT2D eigenvalue weighted by Crippen LogP contribution is -2.29. The number of halogens is 3. The average molecular weight is 587 g/mol. The van der Waals surface area contributed by atoms with Gasteiger partial charge in [-0.3, -0.25) is 9.59 Å². The molecule has 42 heavy (non-hydrogen) atoms. The van der Waals surface area contributed by atoms with E-state index in [0.29, 0.717) is 85.9 Å². The van der Waals surface area contributed by atoms with Crippen LogP contribution in [-0.4, -0.2) is 62.3 Å². The van der Waals surface area contributed by atoms with Gasteiger partial charge in [0.2, 0.25) is 5.91 Å². The molecular formula is C30H33F3N4O5. The number of aromatic nitrogens is 2. The van der Waals surface area contributed by atoms with E-state index in [1.807, 2.05) is 4.90 Å². The van der Waals surface area contributed by atoms with Crippen molar-refractivity contribution in [1.29, 1.82) is 0 Å². The molecule has 3 aromatic rings. The van der Waals surface area contributed by atoms with Gasteiger partial charge in [0, 0.05) is 49.4 Å². The minimum absolute atomic E-state index is 0.139. The summed E-state index contributed by atoms with van der Waals surface area (Å²) in [7, 11) is 3.02. The molecule has 2 aromatic carbocycles. The van der Waals surface area contributed by atoms with Crippen LogP contribution < -0.4 is 25.2 Å². The first-order valence-electron chi connectivity index (χ1n) is 13.8. The molecule has 1 aromatic heterocycles. The second kappa shape index (κ2) is 12.0. The summed E-state index contributed by atoms with van der Waals surface area (Å²) in [6.45, 7) is 3.17. The van der Waals surface area contributed by atoms with Gasteiger partial charge in [0.25, 0.3) is 5.56 Å². The Morgan fingerprint density at radius 3 is 2.45 bits per heavy atom. The number of methoxy groups -OCH3 is 2. The Hall–Kier alpha value is -4.06. The van der Waals surface area contributed by atoms with Crippen LogP contribution >= 0.6 is 0 Å². The maximum Gasteiger partial charge on any atom is 0.418 e. The molecule has 2 heterocycles. The number of nitrogens with zero attached hydrogens (tertiary/aromatic N) is 3. The van der Waals surface area contributed by atoms with Gasteiger partial charge in [-0.05, 0) is 61.6 Å². The summed E-state index contributed by atoms with van der Waals surface area (Å²) in [5, 5.41) is 7.24. The van der Waals surface area contributed by atoms with E-state index in [4.69, 9.17) is 14.2 Å². The smallest absolute Gasteiger partial charge is 0.418 e. The van der Waals surface area contributed by atoms with E-state index < -0.39 is 17.3 Å². The first-order valence-corrected chi connectivity index (χ1v) is 13.8. The van der Waals surface area contributed by atoms with Crippen LogP contribution in [0.2, 0.25) is 0 Å².